The Labute approximate surface area is 124 Å². The van der Waals surface area contributed by atoms with Crippen molar-refractivity contribution in [3.63, 3.8) is 0 Å². The molecule has 1 fully saturated rings. The molecule has 0 spiro atoms. The average molecular weight is 294 g/mol. The SMILES string of the molecule is Cc1ccc2nc(C(C)Cl)n(CC3CCOC3C)c2n1. The topological polar surface area (TPSA) is 39.9 Å². The van der Waals surface area contributed by atoms with Crippen molar-refractivity contribution in [2.45, 2.75) is 45.2 Å². The number of aryl methyl sites for hydroxylation is 1. The fourth-order valence-corrected chi connectivity index (χ4v) is 3.01. The molecular formula is C15H20ClN3O. The zero-order valence-corrected chi connectivity index (χ0v) is 12.9. The fourth-order valence-electron chi connectivity index (χ4n) is 2.85. The van der Waals surface area contributed by atoms with Crippen molar-refractivity contribution in [1.82, 2.24) is 14.5 Å². The largest absolute Gasteiger partial charge is 0.378 e. The molecule has 1 aliphatic heterocycles. The number of aromatic nitrogens is 3. The summed E-state index contributed by atoms with van der Waals surface area (Å²) >= 11 is 6.30. The second-order valence-electron chi connectivity index (χ2n) is 5.62. The van der Waals surface area contributed by atoms with E-state index in [0.29, 0.717) is 5.92 Å². The number of halogens is 1. The van der Waals surface area contributed by atoms with Gasteiger partial charge in [0.05, 0.1) is 11.5 Å². The van der Waals surface area contributed by atoms with Gasteiger partial charge in [-0.2, -0.15) is 0 Å². The van der Waals surface area contributed by atoms with Gasteiger partial charge < -0.3 is 9.30 Å². The lowest BCUT2D eigenvalue weighted by molar-refractivity contribution is 0.102. The molecule has 20 heavy (non-hydrogen) atoms. The number of fused-ring (bicyclic) bond motifs is 1. The van der Waals surface area contributed by atoms with Gasteiger partial charge in [0.2, 0.25) is 0 Å². The minimum absolute atomic E-state index is 0.123. The molecule has 3 unspecified atom stereocenters. The number of hydrogen-bond donors (Lipinski definition) is 0. The van der Waals surface area contributed by atoms with Crippen LogP contribution in [0.3, 0.4) is 0 Å². The van der Waals surface area contributed by atoms with Gasteiger partial charge in [0, 0.05) is 24.8 Å². The molecule has 1 saturated heterocycles. The molecule has 5 heteroatoms. The molecule has 0 bridgehead atoms. The van der Waals surface area contributed by atoms with Gasteiger partial charge in [0.25, 0.3) is 0 Å². The van der Waals surface area contributed by atoms with Gasteiger partial charge in [-0.25, -0.2) is 9.97 Å². The Morgan fingerprint density at radius 2 is 2.25 bits per heavy atom. The standard InChI is InChI=1S/C15H20ClN3O/c1-9-4-5-13-15(17-9)19(14(18-13)10(2)16)8-12-6-7-20-11(12)3/h4-5,10-12H,6-8H2,1-3H3. The van der Waals surface area contributed by atoms with E-state index in [0.717, 1.165) is 42.3 Å². The number of hydrogen-bond acceptors (Lipinski definition) is 3. The lowest BCUT2D eigenvalue weighted by Gasteiger charge is -2.17. The Balaban J connectivity index is 2.05. The Morgan fingerprint density at radius 3 is 2.90 bits per heavy atom. The summed E-state index contributed by atoms with van der Waals surface area (Å²) in [6, 6.07) is 4.01. The first kappa shape index (κ1) is 13.8. The molecule has 3 rings (SSSR count). The van der Waals surface area contributed by atoms with Crippen molar-refractivity contribution in [2.75, 3.05) is 6.61 Å². The third-order valence-electron chi connectivity index (χ3n) is 4.07. The number of ether oxygens (including phenoxy) is 1. The van der Waals surface area contributed by atoms with Gasteiger partial charge in [-0.05, 0) is 39.3 Å². The summed E-state index contributed by atoms with van der Waals surface area (Å²) in [5, 5.41) is -0.123. The first-order valence-corrected chi connectivity index (χ1v) is 7.59. The molecule has 0 amide bonds. The van der Waals surface area contributed by atoms with E-state index >= 15 is 0 Å². The van der Waals surface area contributed by atoms with Gasteiger partial charge in [0.1, 0.15) is 11.3 Å². The third-order valence-corrected chi connectivity index (χ3v) is 4.26. The molecule has 2 aromatic heterocycles. The lowest BCUT2D eigenvalue weighted by atomic mass is 10.0. The first-order valence-electron chi connectivity index (χ1n) is 7.15. The summed E-state index contributed by atoms with van der Waals surface area (Å²) in [6.07, 6.45) is 1.37. The van der Waals surface area contributed by atoms with E-state index < -0.39 is 0 Å². The van der Waals surface area contributed by atoms with E-state index in [9.17, 15) is 0 Å². The van der Waals surface area contributed by atoms with Gasteiger partial charge in [0.15, 0.2) is 5.65 Å². The highest BCUT2D eigenvalue weighted by Gasteiger charge is 2.27. The predicted octanol–water partition coefficient (Wildman–Crippen LogP) is 3.46. The van der Waals surface area contributed by atoms with E-state index in [4.69, 9.17) is 16.3 Å². The highest BCUT2D eigenvalue weighted by atomic mass is 35.5. The van der Waals surface area contributed by atoms with Crippen LogP contribution in [0.4, 0.5) is 0 Å². The van der Waals surface area contributed by atoms with Crippen LogP contribution in [0.15, 0.2) is 12.1 Å². The van der Waals surface area contributed by atoms with Crippen LogP contribution in [0.25, 0.3) is 11.2 Å². The van der Waals surface area contributed by atoms with Gasteiger partial charge in [-0.15, -0.1) is 11.6 Å². The minimum Gasteiger partial charge on any atom is -0.378 e. The van der Waals surface area contributed by atoms with Crippen molar-refractivity contribution in [1.29, 1.82) is 0 Å². The van der Waals surface area contributed by atoms with Gasteiger partial charge in [-0.1, -0.05) is 0 Å². The molecule has 4 nitrogen and oxygen atoms in total. The second kappa shape index (κ2) is 5.34. The summed E-state index contributed by atoms with van der Waals surface area (Å²) < 4.78 is 7.84. The molecule has 3 heterocycles. The number of rotatable bonds is 3. The van der Waals surface area contributed by atoms with E-state index in [-0.39, 0.29) is 11.5 Å². The fraction of sp³-hybridized carbons (Fsp3) is 0.600. The quantitative estimate of drug-likeness (QED) is 0.814. The maximum Gasteiger partial charge on any atom is 0.160 e. The van der Waals surface area contributed by atoms with Crippen LogP contribution < -0.4 is 0 Å². The van der Waals surface area contributed by atoms with Crippen molar-refractivity contribution in [2.24, 2.45) is 5.92 Å². The summed E-state index contributed by atoms with van der Waals surface area (Å²) in [4.78, 5) is 9.29. The smallest absolute Gasteiger partial charge is 0.160 e. The highest BCUT2D eigenvalue weighted by molar-refractivity contribution is 6.20. The number of nitrogens with zero attached hydrogens (tertiary/aromatic N) is 3. The van der Waals surface area contributed by atoms with Crippen LogP contribution >= 0.6 is 11.6 Å². The van der Waals surface area contributed by atoms with Crippen molar-refractivity contribution >= 4 is 22.8 Å². The maximum atomic E-state index is 6.30. The molecule has 1 aliphatic rings. The molecule has 0 saturated carbocycles. The highest BCUT2D eigenvalue weighted by Crippen LogP contribution is 2.28. The van der Waals surface area contributed by atoms with Crippen molar-refractivity contribution in [3.8, 4) is 0 Å². The zero-order chi connectivity index (χ0) is 14.3. The van der Waals surface area contributed by atoms with Crippen LogP contribution in [0.5, 0.6) is 0 Å². The summed E-state index contributed by atoms with van der Waals surface area (Å²) in [6.45, 7) is 7.82. The van der Waals surface area contributed by atoms with Gasteiger partial charge >= 0.3 is 0 Å². The van der Waals surface area contributed by atoms with E-state index in [1.54, 1.807) is 0 Å². The van der Waals surface area contributed by atoms with Crippen LogP contribution in [-0.2, 0) is 11.3 Å². The number of alkyl halides is 1. The molecule has 3 atom stereocenters. The van der Waals surface area contributed by atoms with Crippen LogP contribution in [0.2, 0.25) is 0 Å². The van der Waals surface area contributed by atoms with E-state index in [1.165, 1.54) is 0 Å². The van der Waals surface area contributed by atoms with Crippen LogP contribution in [-0.4, -0.2) is 27.2 Å². The molecule has 2 aromatic rings. The second-order valence-corrected chi connectivity index (χ2v) is 6.27. The molecular weight excluding hydrogens is 274 g/mol. The van der Waals surface area contributed by atoms with Crippen LogP contribution in [0, 0.1) is 12.8 Å². The normalized spacial score (nSPS) is 24.4. The monoisotopic (exact) mass is 293 g/mol. The Morgan fingerprint density at radius 1 is 1.45 bits per heavy atom. The summed E-state index contributed by atoms with van der Waals surface area (Å²) in [7, 11) is 0. The molecule has 0 aliphatic carbocycles. The van der Waals surface area contributed by atoms with Crippen molar-refractivity contribution < 1.29 is 4.74 Å². The Kier molecular flexibility index (Phi) is 3.69. The van der Waals surface area contributed by atoms with E-state index in [2.05, 4.69) is 21.5 Å². The number of imidazole rings is 1. The molecule has 0 radical (unpaired) electrons. The van der Waals surface area contributed by atoms with E-state index in [1.807, 2.05) is 26.0 Å². The summed E-state index contributed by atoms with van der Waals surface area (Å²) in [5.41, 5.74) is 2.86. The van der Waals surface area contributed by atoms with Crippen molar-refractivity contribution in [3.05, 3.63) is 23.7 Å². The first-order chi connectivity index (χ1) is 9.56. The lowest BCUT2D eigenvalue weighted by Crippen LogP contribution is -2.19. The Bertz CT molecular complexity index is 623. The molecule has 108 valence electrons. The van der Waals surface area contributed by atoms with Crippen LogP contribution in [0.1, 0.15) is 37.2 Å². The Hall–Kier alpha value is -1.13. The van der Waals surface area contributed by atoms with Gasteiger partial charge in [-0.3, -0.25) is 0 Å². The molecule has 0 aromatic carbocycles. The third kappa shape index (κ3) is 2.42. The zero-order valence-electron chi connectivity index (χ0n) is 12.1. The molecule has 0 N–H and O–H groups in total. The average Bonchev–Trinajstić information content (AvgIpc) is 2.95. The maximum absolute atomic E-state index is 6.30. The predicted molar refractivity (Wildman–Crippen MR) is 80.1 cm³/mol. The summed E-state index contributed by atoms with van der Waals surface area (Å²) in [5.74, 6) is 1.41. The number of pyridine rings is 1. The minimum atomic E-state index is -0.123.